The third-order valence-corrected chi connectivity index (χ3v) is 2.93. The molecule has 1 heterocycles. The van der Waals surface area contributed by atoms with Crippen molar-refractivity contribution in [1.82, 2.24) is 9.78 Å². The summed E-state index contributed by atoms with van der Waals surface area (Å²) in [5.41, 5.74) is 0.581. The molecule has 19 heavy (non-hydrogen) atoms. The van der Waals surface area contributed by atoms with E-state index in [0.717, 1.165) is 6.07 Å². The van der Waals surface area contributed by atoms with Crippen LogP contribution in [0.1, 0.15) is 22.5 Å². The summed E-state index contributed by atoms with van der Waals surface area (Å²) in [4.78, 5) is 10.8. The molecule has 0 aliphatic rings. The number of carbonyl (C=O) groups is 1. The molecule has 0 aliphatic heterocycles. The van der Waals surface area contributed by atoms with E-state index in [1.807, 2.05) is 0 Å². The van der Waals surface area contributed by atoms with Gasteiger partial charge in [0.15, 0.2) is 5.69 Å². The molecule has 0 saturated heterocycles. The van der Waals surface area contributed by atoms with Gasteiger partial charge >= 0.3 is 5.97 Å². The number of benzene rings is 1. The molecular formula is C12H9ClF2N2O2. The number of rotatable bonds is 3. The van der Waals surface area contributed by atoms with E-state index in [2.05, 4.69) is 5.10 Å². The molecule has 0 bridgehead atoms. The van der Waals surface area contributed by atoms with Gasteiger partial charge in [-0.05, 0) is 12.1 Å². The van der Waals surface area contributed by atoms with Crippen molar-refractivity contribution in [3.63, 3.8) is 0 Å². The number of hydrogen-bond donors (Lipinski definition) is 1. The Morgan fingerprint density at radius 3 is 2.58 bits per heavy atom. The number of aryl methyl sites for hydroxylation is 1. The molecule has 100 valence electrons. The number of hydrogen-bond acceptors (Lipinski definition) is 2. The van der Waals surface area contributed by atoms with Crippen LogP contribution in [0.3, 0.4) is 0 Å². The molecule has 1 N–H and O–H groups in total. The highest BCUT2D eigenvalue weighted by molar-refractivity contribution is 6.33. The standard InChI is InChI=1S/C12H9ClF2N2O2/c1-17-10(5-9(16-17)12(18)19)7-3-2-6(11(14)15)4-8(7)13/h2-5,11H,1H3,(H,18,19). The molecule has 2 aromatic rings. The van der Waals surface area contributed by atoms with E-state index >= 15 is 0 Å². The molecule has 7 heteroatoms. The third-order valence-electron chi connectivity index (χ3n) is 2.62. The Balaban J connectivity index is 2.50. The molecule has 4 nitrogen and oxygen atoms in total. The number of halogens is 3. The molecule has 0 amide bonds. The predicted molar refractivity (Wildman–Crippen MR) is 65.6 cm³/mol. The lowest BCUT2D eigenvalue weighted by atomic mass is 10.1. The average molecular weight is 287 g/mol. The van der Waals surface area contributed by atoms with Crippen molar-refractivity contribution in [2.45, 2.75) is 6.43 Å². The van der Waals surface area contributed by atoms with Crippen molar-refractivity contribution in [2.75, 3.05) is 0 Å². The van der Waals surface area contributed by atoms with Crippen LogP contribution in [0.5, 0.6) is 0 Å². The zero-order valence-corrected chi connectivity index (χ0v) is 10.5. The fourth-order valence-corrected chi connectivity index (χ4v) is 1.98. The van der Waals surface area contributed by atoms with E-state index in [4.69, 9.17) is 16.7 Å². The number of alkyl halides is 2. The minimum absolute atomic E-state index is 0.123. The first-order chi connectivity index (χ1) is 8.90. The zero-order valence-electron chi connectivity index (χ0n) is 9.77. The smallest absolute Gasteiger partial charge is 0.356 e. The van der Waals surface area contributed by atoms with Crippen LogP contribution >= 0.6 is 11.6 Å². The second kappa shape index (κ2) is 4.97. The number of aromatic nitrogens is 2. The normalized spacial score (nSPS) is 11.0. The minimum atomic E-state index is -2.60. The Kier molecular flexibility index (Phi) is 3.53. The fraction of sp³-hybridized carbons (Fsp3) is 0.167. The van der Waals surface area contributed by atoms with Crippen LogP contribution in [-0.4, -0.2) is 20.9 Å². The Hall–Kier alpha value is -1.95. The van der Waals surface area contributed by atoms with Gasteiger partial charge in [0.05, 0.1) is 10.7 Å². The van der Waals surface area contributed by atoms with Gasteiger partial charge in [-0.1, -0.05) is 23.7 Å². The maximum atomic E-state index is 12.5. The van der Waals surface area contributed by atoms with Gasteiger partial charge in [0.2, 0.25) is 0 Å². The lowest BCUT2D eigenvalue weighted by Crippen LogP contribution is -1.99. The van der Waals surface area contributed by atoms with E-state index in [1.165, 1.54) is 22.9 Å². The number of nitrogens with zero attached hydrogens (tertiary/aromatic N) is 2. The number of carboxylic acids is 1. The first-order valence-corrected chi connectivity index (χ1v) is 5.63. The van der Waals surface area contributed by atoms with E-state index in [9.17, 15) is 13.6 Å². The lowest BCUT2D eigenvalue weighted by molar-refractivity contribution is 0.0689. The Bertz CT molecular complexity index is 641. The van der Waals surface area contributed by atoms with Crippen LogP contribution in [0.25, 0.3) is 11.3 Å². The number of carboxylic acid groups (broad SMARTS) is 1. The van der Waals surface area contributed by atoms with Gasteiger partial charge in [0, 0.05) is 18.2 Å². The summed E-state index contributed by atoms with van der Waals surface area (Å²) in [5, 5.41) is 12.8. The van der Waals surface area contributed by atoms with Crippen LogP contribution in [-0.2, 0) is 7.05 Å². The molecular weight excluding hydrogens is 278 g/mol. The van der Waals surface area contributed by atoms with E-state index < -0.39 is 12.4 Å². The SMILES string of the molecule is Cn1nc(C(=O)O)cc1-c1ccc(C(F)F)cc1Cl. The number of aromatic carboxylic acids is 1. The maximum Gasteiger partial charge on any atom is 0.356 e. The molecule has 1 aromatic carbocycles. The van der Waals surface area contributed by atoms with E-state index in [1.54, 1.807) is 7.05 Å². The second-order valence-electron chi connectivity index (χ2n) is 3.88. The Morgan fingerprint density at radius 2 is 2.11 bits per heavy atom. The van der Waals surface area contributed by atoms with Gasteiger partial charge < -0.3 is 5.11 Å². The molecule has 0 saturated carbocycles. The summed E-state index contributed by atoms with van der Waals surface area (Å²) in [6.07, 6.45) is -2.60. The molecule has 0 aliphatic carbocycles. The largest absolute Gasteiger partial charge is 0.476 e. The van der Waals surface area contributed by atoms with Crippen molar-refractivity contribution in [3.8, 4) is 11.3 Å². The van der Waals surface area contributed by atoms with Crippen molar-refractivity contribution in [3.05, 3.63) is 40.5 Å². The predicted octanol–water partition coefficient (Wildman–Crippen LogP) is 3.38. The summed E-state index contributed by atoms with van der Waals surface area (Å²) in [6.45, 7) is 0. The van der Waals surface area contributed by atoms with Crippen molar-refractivity contribution >= 4 is 17.6 Å². The summed E-state index contributed by atoms with van der Waals surface area (Å²) >= 11 is 5.95. The highest BCUT2D eigenvalue weighted by atomic mass is 35.5. The van der Waals surface area contributed by atoms with Crippen molar-refractivity contribution < 1.29 is 18.7 Å². The highest BCUT2D eigenvalue weighted by Crippen LogP contribution is 2.31. The molecule has 0 atom stereocenters. The molecule has 0 fully saturated rings. The topological polar surface area (TPSA) is 55.1 Å². The molecule has 2 rings (SSSR count). The summed E-state index contributed by atoms with van der Waals surface area (Å²) in [5.74, 6) is -1.16. The first-order valence-electron chi connectivity index (χ1n) is 5.25. The van der Waals surface area contributed by atoms with Gasteiger partial charge in [-0.25, -0.2) is 13.6 Å². The van der Waals surface area contributed by atoms with Crippen LogP contribution in [0.15, 0.2) is 24.3 Å². The van der Waals surface area contributed by atoms with Gasteiger partial charge in [0.25, 0.3) is 6.43 Å². The van der Waals surface area contributed by atoms with Crippen LogP contribution in [0.4, 0.5) is 8.78 Å². The van der Waals surface area contributed by atoms with E-state index in [0.29, 0.717) is 11.3 Å². The zero-order chi connectivity index (χ0) is 14.2. The van der Waals surface area contributed by atoms with Gasteiger partial charge in [0.1, 0.15) is 0 Å². The third kappa shape index (κ3) is 2.58. The summed E-state index contributed by atoms with van der Waals surface area (Å²) < 4.78 is 26.4. The Labute approximate surface area is 112 Å². The maximum absolute atomic E-state index is 12.5. The Morgan fingerprint density at radius 1 is 1.42 bits per heavy atom. The van der Waals surface area contributed by atoms with Crippen molar-refractivity contribution in [1.29, 1.82) is 0 Å². The lowest BCUT2D eigenvalue weighted by Gasteiger charge is -2.07. The molecule has 0 spiro atoms. The fourth-order valence-electron chi connectivity index (χ4n) is 1.70. The molecule has 0 radical (unpaired) electrons. The average Bonchev–Trinajstić information content (AvgIpc) is 2.71. The van der Waals surface area contributed by atoms with Crippen LogP contribution < -0.4 is 0 Å². The molecule has 1 aromatic heterocycles. The second-order valence-corrected chi connectivity index (χ2v) is 4.29. The van der Waals surface area contributed by atoms with Crippen molar-refractivity contribution in [2.24, 2.45) is 7.05 Å². The van der Waals surface area contributed by atoms with Gasteiger partial charge in [-0.2, -0.15) is 5.10 Å². The molecule has 0 unspecified atom stereocenters. The van der Waals surface area contributed by atoms with Gasteiger partial charge in [-0.15, -0.1) is 0 Å². The summed E-state index contributed by atoms with van der Waals surface area (Å²) in [7, 11) is 1.55. The van der Waals surface area contributed by atoms with Gasteiger partial charge in [-0.3, -0.25) is 4.68 Å². The van der Waals surface area contributed by atoms with Crippen LogP contribution in [0, 0.1) is 0 Å². The monoisotopic (exact) mass is 286 g/mol. The quantitative estimate of drug-likeness (QED) is 0.941. The van der Waals surface area contributed by atoms with E-state index in [-0.39, 0.29) is 16.3 Å². The summed E-state index contributed by atoms with van der Waals surface area (Å²) in [6, 6.07) is 5.17. The van der Waals surface area contributed by atoms with Crippen LogP contribution in [0.2, 0.25) is 5.02 Å². The minimum Gasteiger partial charge on any atom is -0.476 e. The first kappa shape index (κ1) is 13.5. The highest BCUT2D eigenvalue weighted by Gasteiger charge is 2.16.